The fourth-order valence-electron chi connectivity index (χ4n) is 4.16. The third-order valence-electron chi connectivity index (χ3n) is 6.02. The van der Waals surface area contributed by atoms with E-state index >= 15 is 0 Å². The number of esters is 1. The molecule has 0 radical (unpaired) electrons. The predicted molar refractivity (Wildman–Crippen MR) is 130 cm³/mol. The quantitative estimate of drug-likeness (QED) is 0.409. The lowest BCUT2D eigenvalue weighted by Gasteiger charge is -2.24. The summed E-state index contributed by atoms with van der Waals surface area (Å²) in [4.78, 5) is 53.1. The molecule has 1 aliphatic rings. The number of carbonyl (C=O) groups is 4. The van der Waals surface area contributed by atoms with Gasteiger partial charge in [-0.25, -0.2) is 9.59 Å². The number of benzene rings is 2. The summed E-state index contributed by atoms with van der Waals surface area (Å²) in [6.45, 7) is 6.68. The van der Waals surface area contributed by atoms with Gasteiger partial charge in [-0.1, -0.05) is 42.5 Å². The van der Waals surface area contributed by atoms with Gasteiger partial charge in [-0.2, -0.15) is 0 Å². The van der Waals surface area contributed by atoms with Gasteiger partial charge in [0.15, 0.2) is 0 Å². The molecule has 0 saturated carbocycles. The number of urea groups is 1. The van der Waals surface area contributed by atoms with Crippen molar-refractivity contribution in [2.45, 2.75) is 33.2 Å². The number of anilines is 1. The van der Waals surface area contributed by atoms with Gasteiger partial charge in [0.05, 0.1) is 12.2 Å². The van der Waals surface area contributed by atoms with Crippen LogP contribution in [0.5, 0.6) is 0 Å². The lowest BCUT2D eigenvalue weighted by Crippen LogP contribution is -2.42. The molecule has 0 spiro atoms. The van der Waals surface area contributed by atoms with Crippen molar-refractivity contribution in [2.24, 2.45) is 0 Å². The van der Waals surface area contributed by atoms with Gasteiger partial charge in [0.2, 0.25) is 5.91 Å². The van der Waals surface area contributed by atoms with Crippen molar-refractivity contribution in [2.75, 3.05) is 18.5 Å². The van der Waals surface area contributed by atoms with Gasteiger partial charge in [0.25, 0.3) is 5.91 Å². The first-order valence-corrected chi connectivity index (χ1v) is 11.7. The molecular weight excluding hydrogens is 454 g/mol. The molecule has 1 aliphatic heterocycles. The van der Waals surface area contributed by atoms with Crippen molar-refractivity contribution in [1.29, 1.82) is 0 Å². The molecule has 8 nitrogen and oxygen atoms in total. The Hall–Kier alpha value is -3.72. The number of fused-ring (bicyclic) bond motifs is 1. The number of thiophene rings is 1. The lowest BCUT2D eigenvalue weighted by molar-refractivity contribution is -0.133. The molecule has 1 saturated heterocycles. The number of hydrogen-bond acceptors (Lipinski definition) is 6. The highest BCUT2D eigenvalue weighted by atomic mass is 32.1. The molecule has 4 rings (SSSR count). The molecule has 2 N–H and O–H groups in total. The Morgan fingerprint density at radius 2 is 1.82 bits per heavy atom. The zero-order chi connectivity index (χ0) is 24.6. The Bertz CT molecular complexity index is 1330. The van der Waals surface area contributed by atoms with E-state index in [1.807, 2.05) is 43.3 Å². The van der Waals surface area contributed by atoms with Gasteiger partial charge in [-0.15, -0.1) is 11.3 Å². The third kappa shape index (κ3) is 3.92. The maximum absolute atomic E-state index is 13.4. The molecule has 2 aromatic carbocycles. The molecule has 0 bridgehead atoms. The highest BCUT2D eigenvalue weighted by Crippen LogP contribution is 2.35. The number of aryl methyl sites for hydroxylation is 1. The summed E-state index contributed by atoms with van der Waals surface area (Å²) in [6.07, 6.45) is 0. The summed E-state index contributed by atoms with van der Waals surface area (Å²) in [7, 11) is 0. The van der Waals surface area contributed by atoms with Crippen molar-refractivity contribution in [3.8, 4) is 0 Å². The number of nitrogens with zero attached hydrogens (tertiary/aromatic N) is 1. The maximum atomic E-state index is 13.4. The van der Waals surface area contributed by atoms with Crippen LogP contribution in [0.3, 0.4) is 0 Å². The summed E-state index contributed by atoms with van der Waals surface area (Å²) in [6, 6.07) is 12.5. The molecule has 1 unspecified atom stereocenters. The summed E-state index contributed by atoms with van der Waals surface area (Å²) in [5.74, 6) is -1.64. The summed E-state index contributed by atoms with van der Waals surface area (Å²) < 4.78 is 5.11. The minimum absolute atomic E-state index is 0.204. The van der Waals surface area contributed by atoms with Crippen molar-refractivity contribution in [3.05, 3.63) is 64.0 Å². The van der Waals surface area contributed by atoms with Crippen molar-refractivity contribution in [1.82, 2.24) is 10.2 Å². The lowest BCUT2D eigenvalue weighted by atomic mass is 9.88. The molecule has 0 aliphatic carbocycles. The maximum Gasteiger partial charge on any atom is 0.341 e. The first-order chi connectivity index (χ1) is 16.2. The van der Waals surface area contributed by atoms with Crippen LogP contribution in [0.2, 0.25) is 0 Å². The monoisotopic (exact) mass is 479 g/mol. The Morgan fingerprint density at radius 1 is 1.12 bits per heavy atom. The van der Waals surface area contributed by atoms with Crippen LogP contribution in [0.1, 0.15) is 40.2 Å². The van der Waals surface area contributed by atoms with Crippen LogP contribution in [0, 0.1) is 13.8 Å². The number of nitrogens with one attached hydrogen (secondary N) is 2. The van der Waals surface area contributed by atoms with Crippen LogP contribution < -0.4 is 10.6 Å². The zero-order valence-corrected chi connectivity index (χ0v) is 20.2. The summed E-state index contributed by atoms with van der Waals surface area (Å²) >= 11 is 1.24. The molecule has 1 aromatic heterocycles. The number of amides is 4. The van der Waals surface area contributed by atoms with Crippen LogP contribution in [-0.4, -0.2) is 41.9 Å². The molecule has 1 fully saturated rings. The van der Waals surface area contributed by atoms with E-state index in [4.69, 9.17) is 4.74 Å². The fourth-order valence-corrected chi connectivity index (χ4v) is 5.22. The van der Waals surface area contributed by atoms with E-state index in [0.717, 1.165) is 26.1 Å². The summed E-state index contributed by atoms with van der Waals surface area (Å²) in [5.41, 5.74) is 0.346. The van der Waals surface area contributed by atoms with E-state index in [1.54, 1.807) is 26.8 Å². The van der Waals surface area contributed by atoms with Gasteiger partial charge in [0.1, 0.15) is 17.1 Å². The first kappa shape index (κ1) is 23.4. The minimum Gasteiger partial charge on any atom is -0.462 e. The van der Waals surface area contributed by atoms with Crippen LogP contribution in [0.15, 0.2) is 42.5 Å². The number of ether oxygens (including phenoxy) is 1. The van der Waals surface area contributed by atoms with Gasteiger partial charge in [-0.05, 0) is 49.6 Å². The highest BCUT2D eigenvalue weighted by molar-refractivity contribution is 7.16. The minimum atomic E-state index is -1.32. The molecular formula is C25H25N3O5S. The zero-order valence-electron chi connectivity index (χ0n) is 19.4. The smallest absolute Gasteiger partial charge is 0.341 e. The van der Waals surface area contributed by atoms with Gasteiger partial charge >= 0.3 is 12.0 Å². The van der Waals surface area contributed by atoms with E-state index in [0.29, 0.717) is 10.6 Å². The van der Waals surface area contributed by atoms with E-state index in [-0.39, 0.29) is 12.2 Å². The van der Waals surface area contributed by atoms with Crippen LogP contribution in [0.25, 0.3) is 10.8 Å². The van der Waals surface area contributed by atoms with Crippen LogP contribution in [-0.2, 0) is 19.9 Å². The van der Waals surface area contributed by atoms with Crippen LogP contribution in [0.4, 0.5) is 9.80 Å². The normalized spacial score (nSPS) is 17.7. The second kappa shape index (κ2) is 8.90. The van der Waals surface area contributed by atoms with Crippen molar-refractivity contribution >= 4 is 50.9 Å². The Morgan fingerprint density at radius 3 is 2.56 bits per heavy atom. The SMILES string of the molecule is CCOC(=O)c1c(NC(=O)CN2C(=O)NC(C)(c3cccc4ccccc34)C2=O)sc(C)c1C. The van der Waals surface area contributed by atoms with E-state index in [1.165, 1.54) is 11.3 Å². The predicted octanol–water partition coefficient (Wildman–Crippen LogP) is 4.10. The van der Waals surface area contributed by atoms with E-state index in [2.05, 4.69) is 10.6 Å². The molecule has 176 valence electrons. The summed E-state index contributed by atoms with van der Waals surface area (Å²) in [5, 5.41) is 7.55. The standard InChI is InChI=1S/C25H25N3O5S/c1-5-33-22(30)20-14(2)15(3)34-21(20)26-19(29)13-28-23(31)25(4,27-24(28)32)18-12-8-10-16-9-6-7-11-17(16)18/h6-12H,5,13H2,1-4H3,(H,26,29)(H,27,32). The Labute approximate surface area is 200 Å². The average molecular weight is 480 g/mol. The molecule has 2 heterocycles. The fraction of sp³-hybridized carbons (Fsp3) is 0.280. The van der Waals surface area contributed by atoms with Gasteiger partial charge < -0.3 is 15.4 Å². The average Bonchev–Trinajstić information content (AvgIpc) is 3.20. The third-order valence-corrected chi connectivity index (χ3v) is 7.15. The van der Waals surface area contributed by atoms with Crippen molar-refractivity contribution in [3.63, 3.8) is 0 Å². The second-order valence-electron chi connectivity index (χ2n) is 8.23. The Balaban J connectivity index is 1.57. The van der Waals surface area contributed by atoms with E-state index in [9.17, 15) is 19.2 Å². The molecule has 9 heteroatoms. The topological polar surface area (TPSA) is 105 Å². The number of carbonyl (C=O) groups excluding carboxylic acids is 4. The number of rotatable bonds is 6. The van der Waals surface area contributed by atoms with Gasteiger partial charge in [-0.3, -0.25) is 14.5 Å². The molecule has 1 atom stereocenters. The first-order valence-electron chi connectivity index (χ1n) is 10.9. The van der Waals surface area contributed by atoms with Crippen LogP contribution >= 0.6 is 11.3 Å². The second-order valence-corrected chi connectivity index (χ2v) is 9.45. The number of imide groups is 1. The highest BCUT2D eigenvalue weighted by Gasteiger charge is 2.50. The van der Waals surface area contributed by atoms with Gasteiger partial charge in [0, 0.05) is 4.88 Å². The largest absolute Gasteiger partial charge is 0.462 e. The molecule has 4 amide bonds. The van der Waals surface area contributed by atoms with Crippen molar-refractivity contribution < 1.29 is 23.9 Å². The number of hydrogen-bond donors (Lipinski definition) is 2. The molecule has 34 heavy (non-hydrogen) atoms. The Kier molecular flexibility index (Phi) is 6.14. The molecule has 3 aromatic rings. The van der Waals surface area contributed by atoms with E-state index < -0.39 is 35.9 Å².